The molecule has 6 aromatic carbocycles. The van der Waals surface area contributed by atoms with Crippen LogP contribution in [0.25, 0.3) is 84.4 Å². The van der Waals surface area contributed by atoms with Crippen molar-refractivity contribution in [2.75, 3.05) is 0 Å². The largest absolute Gasteiger partial charge is 0.208 e. The predicted octanol–water partition coefficient (Wildman–Crippen LogP) is 12.8. The van der Waals surface area contributed by atoms with Gasteiger partial charge in [0.25, 0.3) is 0 Å². The molecule has 0 saturated carbocycles. The molecule has 62 heavy (non-hydrogen) atoms. The number of hydrogen-bond donors (Lipinski definition) is 0. The van der Waals surface area contributed by atoms with E-state index in [-0.39, 0.29) is 5.92 Å². The molecular formula is C55H41N7. The van der Waals surface area contributed by atoms with E-state index in [0.29, 0.717) is 40.9 Å². The Hall–Kier alpha value is -7.95. The Kier molecular flexibility index (Phi) is 10.2. The third-order valence-corrected chi connectivity index (χ3v) is 11.8. The van der Waals surface area contributed by atoms with Gasteiger partial charge in [0.1, 0.15) is 0 Å². The Morgan fingerprint density at radius 3 is 1.52 bits per heavy atom. The molecule has 2 heterocycles. The summed E-state index contributed by atoms with van der Waals surface area (Å²) < 4.78 is 0. The number of fused-ring (bicyclic) bond motifs is 1. The SMILES string of the molecule is CC1C=CC(c2nc(-c3ccccc3)nc(-c3ccc(C4=CC=C(c5cccc(-c6nc(-c7ccccc7)nc(-c7ccccc7)n6)c5)C(C#N)C4C)c4ccccc34)n2)=CC1. The molecule has 7 heteroatoms. The highest BCUT2D eigenvalue weighted by Gasteiger charge is 2.30. The third-order valence-electron chi connectivity index (χ3n) is 11.8. The van der Waals surface area contributed by atoms with E-state index < -0.39 is 5.92 Å². The zero-order chi connectivity index (χ0) is 42.0. The van der Waals surface area contributed by atoms with Crippen LogP contribution in [0.1, 0.15) is 37.2 Å². The fourth-order valence-electron chi connectivity index (χ4n) is 8.43. The second-order valence-electron chi connectivity index (χ2n) is 15.9. The first kappa shape index (κ1) is 38.3. The zero-order valence-electron chi connectivity index (χ0n) is 34.4. The predicted molar refractivity (Wildman–Crippen MR) is 249 cm³/mol. The number of aromatic nitrogens is 6. The van der Waals surface area contributed by atoms with Crippen LogP contribution in [0.15, 0.2) is 182 Å². The zero-order valence-corrected chi connectivity index (χ0v) is 34.4. The standard InChI is InChI=1S/C55H41N7/c1-35-25-27-40(28-26-35)53-58-52(39-19-10-5-11-20-39)61-55(62-53)48-32-31-47(45-23-12-13-24-46(45)48)43-29-30-44(49(34-56)36(43)2)41-21-14-22-42(33-41)54-59-50(37-15-6-3-7-16-37)57-51(60-54)38-17-8-4-9-18-38/h3-25,27-33,35-36,49H,26H2,1-2H3. The van der Waals surface area contributed by atoms with Crippen LogP contribution >= 0.6 is 0 Å². The van der Waals surface area contributed by atoms with Crippen LogP contribution in [0, 0.1) is 29.1 Å². The van der Waals surface area contributed by atoms with Gasteiger partial charge in [-0.05, 0) is 57.5 Å². The first-order chi connectivity index (χ1) is 30.5. The lowest BCUT2D eigenvalue weighted by atomic mass is 9.74. The number of allylic oxidation sites excluding steroid dienone is 8. The van der Waals surface area contributed by atoms with Crippen LogP contribution in [0.2, 0.25) is 0 Å². The van der Waals surface area contributed by atoms with Crippen molar-refractivity contribution in [1.82, 2.24) is 29.9 Å². The van der Waals surface area contributed by atoms with Gasteiger partial charge in [-0.25, -0.2) is 29.9 Å². The molecule has 0 spiro atoms. The maximum absolute atomic E-state index is 10.9. The van der Waals surface area contributed by atoms with Gasteiger partial charge in [-0.15, -0.1) is 0 Å². The summed E-state index contributed by atoms with van der Waals surface area (Å²) in [4.78, 5) is 29.9. The molecular weight excluding hydrogens is 759 g/mol. The van der Waals surface area contributed by atoms with E-state index in [4.69, 9.17) is 29.9 Å². The van der Waals surface area contributed by atoms with Crippen molar-refractivity contribution in [2.24, 2.45) is 17.8 Å². The highest BCUT2D eigenvalue weighted by molar-refractivity contribution is 6.03. The molecule has 0 radical (unpaired) electrons. The van der Waals surface area contributed by atoms with Crippen molar-refractivity contribution in [1.29, 1.82) is 5.26 Å². The van der Waals surface area contributed by atoms with Crippen molar-refractivity contribution in [3.05, 3.63) is 199 Å². The molecule has 7 nitrogen and oxygen atoms in total. The molecule has 2 aliphatic rings. The molecule has 0 amide bonds. The normalized spacial score (nSPS) is 17.2. The molecule has 0 saturated heterocycles. The number of rotatable bonds is 8. The lowest BCUT2D eigenvalue weighted by Crippen LogP contribution is -2.17. The van der Waals surface area contributed by atoms with Crippen LogP contribution in [0.3, 0.4) is 0 Å². The fourth-order valence-corrected chi connectivity index (χ4v) is 8.43. The second-order valence-corrected chi connectivity index (χ2v) is 15.9. The van der Waals surface area contributed by atoms with Gasteiger partial charge in [0.2, 0.25) is 0 Å². The van der Waals surface area contributed by atoms with Crippen LogP contribution in [-0.4, -0.2) is 29.9 Å². The molecule has 0 bridgehead atoms. The summed E-state index contributed by atoms with van der Waals surface area (Å²) >= 11 is 0. The van der Waals surface area contributed by atoms with Crippen molar-refractivity contribution in [2.45, 2.75) is 20.3 Å². The third kappa shape index (κ3) is 7.44. The van der Waals surface area contributed by atoms with Crippen molar-refractivity contribution in [3.8, 4) is 63.0 Å². The number of benzene rings is 6. The highest BCUT2D eigenvalue weighted by atomic mass is 15.0. The van der Waals surface area contributed by atoms with Crippen molar-refractivity contribution < 1.29 is 0 Å². The first-order valence-electron chi connectivity index (χ1n) is 21.0. The van der Waals surface area contributed by atoms with Crippen LogP contribution in [-0.2, 0) is 0 Å². The van der Waals surface area contributed by atoms with Crippen LogP contribution < -0.4 is 0 Å². The van der Waals surface area contributed by atoms with E-state index in [9.17, 15) is 5.26 Å². The Balaban J connectivity index is 1.04. The molecule has 2 aromatic heterocycles. The summed E-state index contributed by atoms with van der Waals surface area (Å²) in [5.74, 6) is 3.67. The topological polar surface area (TPSA) is 101 Å². The fraction of sp³-hybridized carbons (Fsp3) is 0.109. The molecule has 0 aliphatic heterocycles. The molecule has 8 aromatic rings. The van der Waals surface area contributed by atoms with Crippen LogP contribution in [0.5, 0.6) is 0 Å². The Labute approximate surface area is 361 Å². The molecule has 10 rings (SSSR count). The molecule has 296 valence electrons. The summed E-state index contributed by atoms with van der Waals surface area (Å²) in [6.45, 7) is 4.36. The minimum atomic E-state index is -0.402. The van der Waals surface area contributed by atoms with E-state index in [1.54, 1.807) is 0 Å². The number of hydrogen-bond acceptors (Lipinski definition) is 7. The van der Waals surface area contributed by atoms with Gasteiger partial charge in [0.05, 0.1) is 12.0 Å². The number of nitrogens with zero attached hydrogens (tertiary/aromatic N) is 7. The van der Waals surface area contributed by atoms with E-state index in [0.717, 1.165) is 72.9 Å². The van der Waals surface area contributed by atoms with Gasteiger partial charge in [-0.1, -0.05) is 184 Å². The molecule has 2 aliphatic carbocycles. The van der Waals surface area contributed by atoms with Crippen molar-refractivity contribution in [3.63, 3.8) is 0 Å². The Morgan fingerprint density at radius 1 is 0.468 bits per heavy atom. The summed E-state index contributed by atoms with van der Waals surface area (Å²) in [5, 5.41) is 13.0. The average Bonchev–Trinajstić information content (AvgIpc) is 3.34. The van der Waals surface area contributed by atoms with Gasteiger partial charge in [-0.3, -0.25) is 0 Å². The van der Waals surface area contributed by atoms with E-state index in [2.05, 4.69) is 98.8 Å². The van der Waals surface area contributed by atoms with Gasteiger partial charge in [-0.2, -0.15) is 5.26 Å². The second kappa shape index (κ2) is 16.6. The van der Waals surface area contributed by atoms with E-state index in [1.165, 1.54) is 0 Å². The molecule has 0 N–H and O–H groups in total. The van der Waals surface area contributed by atoms with Gasteiger partial charge >= 0.3 is 0 Å². The summed E-state index contributed by atoms with van der Waals surface area (Å²) in [5.41, 5.74) is 9.64. The summed E-state index contributed by atoms with van der Waals surface area (Å²) in [6.07, 6.45) is 11.8. The van der Waals surface area contributed by atoms with E-state index >= 15 is 0 Å². The van der Waals surface area contributed by atoms with Crippen molar-refractivity contribution >= 4 is 27.5 Å². The molecule has 3 atom stereocenters. The molecule has 0 fully saturated rings. The quantitative estimate of drug-likeness (QED) is 0.151. The Morgan fingerprint density at radius 2 is 0.935 bits per heavy atom. The monoisotopic (exact) mass is 799 g/mol. The van der Waals surface area contributed by atoms with E-state index in [1.807, 2.05) is 103 Å². The molecule has 3 unspecified atom stereocenters. The lowest BCUT2D eigenvalue weighted by Gasteiger charge is -2.28. The number of nitriles is 1. The Bertz CT molecular complexity index is 3090. The smallest absolute Gasteiger partial charge is 0.164 e. The maximum atomic E-state index is 10.9. The van der Waals surface area contributed by atoms with Crippen LogP contribution in [0.4, 0.5) is 0 Å². The minimum Gasteiger partial charge on any atom is -0.208 e. The van der Waals surface area contributed by atoms with Gasteiger partial charge in [0.15, 0.2) is 34.9 Å². The van der Waals surface area contributed by atoms with Gasteiger partial charge < -0.3 is 0 Å². The maximum Gasteiger partial charge on any atom is 0.164 e. The lowest BCUT2D eigenvalue weighted by molar-refractivity contribution is 0.651. The summed E-state index contributed by atoms with van der Waals surface area (Å²) in [7, 11) is 0. The highest BCUT2D eigenvalue weighted by Crippen LogP contribution is 2.44. The average molecular weight is 800 g/mol. The minimum absolute atomic E-state index is 0.106. The van der Waals surface area contributed by atoms with Gasteiger partial charge in [0, 0.05) is 39.3 Å². The first-order valence-corrected chi connectivity index (χ1v) is 21.0. The summed E-state index contributed by atoms with van der Waals surface area (Å²) in [6, 6.07) is 53.6.